The van der Waals surface area contributed by atoms with Crippen LogP contribution in [0.4, 0.5) is 0 Å². The topological polar surface area (TPSA) is 57.7 Å². The van der Waals surface area contributed by atoms with Crippen LogP contribution in [0, 0.1) is 0 Å². The molecule has 1 saturated heterocycles. The lowest BCUT2D eigenvalue weighted by atomic mass is 10.1. The molecule has 0 bridgehead atoms. The van der Waals surface area contributed by atoms with E-state index in [0.717, 1.165) is 36.6 Å². The minimum atomic E-state index is -0.185. The van der Waals surface area contributed by atoms with Gasteiger partial charge in [0, 0.05) is 46.0 Å². The van der Waals surface area contributed by atoms with Crippen LogP contribution in [-0.2, 0) is 24.5 Å². The molecule has 6 heteroatoms. The van der Waals surface area contributed by atoms with Crippen LogP contribution in [0.3, 0.4) is 0 Å². The van der Waals surface area contributed by atoms with E-state index in [2.05, 4.69) is 56.5 Å². The SMILES string of the molecule is CNC(=O)[C@@H]1CN(Cc2ccccc2)CCN1Cc1cccc(OCc2ccccn2)c1. The van der Waals surface area contributed by atoms with Crippen LogP contribution >= 0.6 is 0 Å². The Morgan fingerprint density at radius 1 is 1.00 bits per heavy atom. The molecule has 1 amide bonds. The molecular formula is C26H30N4O2. The summed E-state index contributed by atoms with van der Waals surface area (Å²) in [5.74, 6) is 0.873. The summed E-state index contributed by atoms with van der Waals surface area (Å²) in [4.78, 5) is 21.6. The zero-order valence-electron chi connectivity index (χ0n) is 18.5. The second kappa shape index (κ2) is 10.9. The number of carbonyl (C=O) groups is 1. The molecule has 0 saturated carbocycles. The quantitative estimate of drug-likeness (QED) is 0.595. The molecule has 1 N–H and O–H groups in total. The lowest BCUT2D eigenvalue weighted by Crippen LogP contribution is -2.57. The van der Waals surface area contributed by atoms with Gasteiger partial charge in [-0.1, -0.05) is 48.5 Å². The van der Waals surface area contributed by atoms with E-state index >= 15 is 0 Å². The maximum Gasteiger partial charge on any atom is 0.238 e. The van der Waals surface area contributed by atoms with Crippen molar-refractivity contribution in [3.8, 4) is 5.75 Å². The highest BCUT2D eigenvalue weighted by atomic mass is 16.5. The van der Waals surface area contributed by atoms with E-state index in [1.54, 1.807) is 13.2 Å². The van der Waals surface area contributed by atoms with Crippen LogP contribution in [0.1, 0.15) is 16.8 Å². The molecule has 0 unspecified atom stereocenters. The average Bonchev–Trinajstić information content (AvgIpc) is 2.85. The first kappa shape index (κ1) is 22.0. The Balaban J connectivity index is 1.39. The Kier molecular flexibility index (Phi) is 7.48. The molecule has 2 aromatic carbocycles. The van der Waals surface area contributed by atoms with E-state index < -0.39 is 0 Å². The smallest absolute Gasteiger partial charge is 0.238 e. The first-order chi connectivity index (χ1) is 15.7. The zero-order chi connectivity index (χ0) is 22.2. The first-order valence-electron chi connectivity index (χ1n) is 11.0. The molecule has 1 aliphatic rings. The van der Waals surface area contributed by atoms with Crippen LogP contribution in [0.5, 0.6) is 5.75 Å². The first-order valence-corrected chi connectivity index (χ1v) is 11.0. The molecule has 6 nitrogen and oxygen atoms in total. The van der Waals surface area contributed by atoms with Gasteiger partial charge in [0.05, 0.1) is 5.69 Å². The Labute approximate surface area is 189 Å². The summed E-state index contributed by atoms with van der Waals surface area (Å²) in [7, 11) is 1.71. The largest absolute Gasteiger partial charge is 0.487 e. The van der Waals surface area contributed by atoms with Crippen LogP contribution in [0.2, 0.25) is 0 Å². The Hall–Kier alpha value is -3.22. The highest BCUT2D eigenvalue weighted by Gasteiger charge is 2.31. The van der Waals surface area contributed by atoms with E-state index in [1.807, 2.05) is 36.4 Å². The summed E-state index contributed by atoms with van der Waals surface area (Å²) >= 11 is 0. The third kappa shape index (κ3) is 5.93. The fraction of sp³-hybridized carbons (Fsp3) is 0.308. The number of hydrogen-bond donors (Lipinski definition) is 1. The van der Waals surface area contributed by atoms with Crippen molar-refractivity contribution in [1.82, 2.24) is 20.1 Å². The minimum Gasteiger partial charge on any atom is -0.487 e. The van der Waals surface area contributed by atoms with Gasteiger partial charge in [0.25, 0.3) is 0 Å². The number of ether oxygens (including phenoxy) is 1. The van der Waals surface area contributed by atoms with Gasteiger partial charge in [-0.25, -0.2) is 0 Å². The molecule has 0 spiro atoms. The number of piperazine rings is 1. The van der Waals surface area contributed by atoms with Gasteiger partial charge in [-0.05, 0) is 35.4 Å². The van der Waals surface area contributed by atoms with E-state index in [0.29, 0.717) is 19.7 Å². The van der Waals surface area contributed by atoms with Crippen LogP contribution in [-0.4, -0.2) is 53.4 Å². The second-order valence-electron chi connectivity index (χ2n) is 8.08. The van der Waals surface area contributed by atoms with Crippen molar-refractivity contribution in [2.24, 2.45) is 0 Å². The Morgan fingerprint density at radius 3 is 2.59 bits per heavy atom. The second-order valence-corrected chi connectivity index (χ2v) is 8.08. The predicted molar refractivity (Wildman–Crippen MR) is 125 cm³/mol. The minimum absolute atomic E-state index is 0.0605. The van der Waals surface area contributed by atoms with Gasteiger partial charge < -0.3 is 10.1 Å². The number of benzene rings is 2. The van der Waals surface area contributed by atoms with Crippen LogP contribution < -0.4 is 10.1 Å². The molecular weight excluding hydrogens is 400 g/mol. The number of hydrogen-bond acceptors (Lipinski definition) is 5. The van der Waals surface area contributed by atoms with Gasteiger partial charge in [0.2, 0.25) is 5.91 Å². The summed E-state index contributed by atoms with van der Waals surface area (Å²) in [5.41, 5.74) is 3.30. The van der Waals surface area contributed by atoms with Gasteiger partial charge in [-0.15, -0.1) is 0 Å². The van der Waals surface area contributed by atoms with Crippen molar-refractivity contribution in [2.75, 3.05) is 26.7 Å². The van der Waals surface area contributed by atoms with Crippen molar-refractivity contribution in [3.63, 3.8) is 0 Å². The van der Waals surface area contributed by atoms with Gasteiger partial charge in [0.1, 0.15) is 18.4 Å². The summed E-state index contributed by atoms with van der Waals surface area (Å²) in [6, 6.07) is 24.1. The van der Waals surface area contributed by atoms with E-state index in [9.17, 15) is 4.79 Å². The molecule has 2 heterocycles. The molecule has 3 aromatic rings. The summed E-state index contributed by atoms with van der Waals surface area (Å²) < 4.78 is 5.93. The number of likely N-dealkylation sites (N-methyl/N-ethyl adjacent to an activating group) is 1. The van der Waals surface area contributed by atoms with Gasteiger partial charge in [-0.3, -0.25) is 19.6 Å². The Bertz CT molecular complexity index is 997. The van der Waals surface area contributed by atoms with E-state index in [1.165, 1.54) is 5.56 Å². The molecule has 1 aromatic heterocycles. The normalized spacial score (nSPS) is 17.1. The molecule has 1 atom stereocenters. The van der Waals surface area contributed by atoms with Crippen molar-refractivity contribution < 1.29 is 9.53 Å². The average molecular weight is 431 g/mol. The highest BCUT2D eigenvalue weighted by molar-refractivity contribution is 5.81. The van der Waals surface area contributed by atoms with E-state index in [-0.39, 0.29) is 11.9 Å². The number of nitrogens with one attached hydrogen (secondary N) is 1. The van der Waals surface area contributed by atoms with Gasteiger partial charge in [-0.2, -0.15) is 0 Å². The van der Waals surface area contributed by atoms with Crippen LogP contribution in [0.15, 0.2) is 79.0 Å². The third-order valence-corrected chi connectivity index (χ3v) is 5.77. The fourth-order valence-electron chi connectivity index (χ4n) is 4.08. The molecule has 0 radical (unpaired) electrons. The summed E-state index contributed by atoms with van der Waals surface area (Å²) in [6.07, 6.45) is 1.77. The van der Waals surface area contributed by atoms with Crippen molar-refractivity contribution in [3.05, 3.63) is 95.8 Å². The van der Waals surface area contributed by atoms with Gasteiger partial charge in [0.15, 0.2) is 0 Å². The van der Waals surface area contributed by atoms with Crippen molar-refractivity contribution >= 4 is 5.91 Å². The number of amides is 1. The lowest BCUT2D eigenvalue weighted by molar-refractivity contribution is -0.128. The lowest BCUT2D eigenvalue weighted by Gasteiger charge is -2.40. The van der Waals surface area contributed by atoms with Crippen LogP contribution in [0.25, 0.3) is 0 Å². The third-order valence-electron chi connectivity index (χ3n) is 5.77. The van der Waals surface area contributed by atoms with Gasteiger partial charge >= 0.3 is 0 Å². The molecule has 1 fully saturated rings. The molecule has 166 valence electrons. The predicted octanol–water partition coefficient (Wildman–Crippen LogP) is 3.09. The molecule has 32 heavy (non-hydrogen) atoms. The van der Waals surface area contributed by atoms with Crippen molar-refractivity contribution in [2.45, 2.75) is 25.7 Å². The monoisotopic (exact) mass is 430 g/mol. The highest BCUT2D eigenvalue weighted by Crippen LogP contribution is 2.20. The number of nitrogens with zero attached hydrogens (tertiary/aromatic N) is 3. The maximum atomic E-state index is 12.7. The Morgan fingerprint density at radius 2 is 1.81 bits per heavy atom. The number of aromatic nitrogens is 1. The zero-order valence-corrected chi connectivity index (χ0v) is 18.5. The number of pyridine rings is 1. The number of rotatable bonds is 8. The fourth-order valence-corrected chi connectivity index (χ4v) is 4.08. The molecule has 0 aliphatic carbocycles. The summed E-state index contributed by atoms with van der Waals surface area (Å²) in [5, 5.41) is 2.85. The summed E-state index contributed by atoms with van der Waals surface area (Å²) in [6.45, 7) is 4.48. The van der Waals surface area contributed by atoms with E-state index in [4.69, 9.17) is 4.74 Å². The van der Waals surface area contributed by atoms with Crippen molar-refractivity contribution in [1.29, 1.82) is 0 Å². The number of carbonyl (C=O) groups excluding carboxylic acids is 1. The molecule has 1 aliphatic heterocycles. The maximum absolute atomic E-state index is 12.7. The molecule has 4 rings (SSSR count). The standard InChI is InChI=1S/C26H30N4O2/c1-27-26(31)25-19-29(17-21-8-3-2-4-9-21)14-15-30(25)18-22-10-7-12-24(16-22)32-20-23-11-5-6-13-28-23/h2-13,16,25H,14-15,17-20H2,1H3,(H,27,31)/t25-/m0/s1.